The van der Waals surface area contributed by atoms with E-state index >= 15 is 0 Å². The second-order valence-electron chi connectivity index (χ2n) is 2.35. The fraction of sp³-hybridized carbons (Fsp3) is 0.222. The van der Waals surface area contributed by atoms with Gasteiger partial charge in [0, 0.05) is 12.7 Å². The molecule has 4 heteroatoms. The monoisotopic (exact) mass is 200 g/mol. The molecule has 0 unspecified atom stereocenters. The topological polar surface area (TPSA) is 35.5 Å². The van der Waals surface area contributed by atoms with Crippen LogP contribution < -0.4 is 4.74 Å². The SMILES string of the molecule is COCOc1ccc(C(=O)Cl)cc1. The number of hydrogen-bond donors (Lipinski definition) is 0. The second kappa shape index (κ2) is 4.84. The van der Waals surface area contributed by atoms with Crippen LogP contribution in [0.3, 0.4) is 0 Å². The first-order valence-electron chi connectivity index (χ1n) is 3.65. The summed E-state index contributed by atoms with van der Waals surface area (Å²) in [6.07, 6.45) is 0. The number of halogens is 1. The molecule has 0 aliphatic carbocycles. The van der Waals surface area contributed by atoms with Gasteiger partial charge in [0.15, 0.2) is 6.79 Å². The van der Waals surface area contributed by atoms with Crippen LogP contribution >= 0.6 is 11.6 Å². The van der Waals surface area contributed by atoms with Crippen LogP contribution in [0.2, 0.25) is 0 Å². The third-order valence-electron chi connectivity index (χ3n) is 1.42. The standard InChI is InChI=1S/C9H9ClO3/c1-12-6-13-8-4-2-7(3-5-8)9(10)11/h2-5H,6H2,1H3. The predicted molar refractivity (Wildman–Crippen MR) is 49.1 cm³/mol. The summed E-state index contributed by atoms with van der Waals surface area (Å²) in [6.45, 7) is 0.189. The van der Waals surface area contributed by atoms with Gasteiger partial charge in [-0.3, -0.25) is 4.79 Å². The molecule has 0 radical (unpaired) electrons. The van der Waals surface area contributed by atoms with Crippen LogP contribution in [-0.4, -0.2) is 19.1 Å². The molecule has 1 rings (SSSR count). The lowest BCUT2D eigenvalue weighted by molar-refractivity contribution is 0.0511. The van der Waals surface area contributed by atoms with E-state index in [0.717, 1.165) is 0 Å². The van der Waals surface area contributed by atoms with E-state index in [2.05, 4.69) is 0 Å². The minimum Gasteiger partial charge on any atom is -0.468 e. The first-order chi connectivity index (χ1) is 6.24. The van der Waals surface area contributed by atoms with E-state index in [1.807, 2.05) is 0 Å². The molecule has 0 N–H and O–H groups in total. The van der Waals surface area contributed by atoms with E-state index in [4.69, 9.17) is 21.1 Å². The summed E-state index contributed by atoms with van der Waals surface area (Å²) in [6, 6.07) is 6.52. The number of carbonyl (C=O) groups excluding carboxylic acids is 1. The Kier molecular flexibility index (Phi) is 3.73. The summed E-state index contributed by atoms with van der Waals surface area (Å²) in [5.41, 5.74) is 0.450. The maximum atomic E-state index is 10.7. The van der Waals surface area contributed by atoms with Gasteiger partial charge in [0.05, 0.1) is 0 Å². The number of methoxy groups -OCH3 is 1. The Morgan fingerprint density at radius 1 is 1.38 bits per heavy atom. The van der Waals surface area contributed by atoms with Crippen molar-refractivity contribution in [3.8, 4) is 5.75 Å². The normalized spacial score (nSPS) is 9.69. The summed E-state index contributed by atoms with van der Waals surface area (Å²) >= 11 is 5.26. The molecule has 0 heterocycles. The molecule has 0 atom stereocenters. The number of carbonyl (C=O) groups is 1. The van der Waals surface area contributed by atoms with Crippen molar-refractivity contribution < 1.29 is 14.3 Å². The summed E-state index contributed by atoms with van der Waals surface area (Å²) < 4.78 is 9.82. The van der Waals surface area contributed by atoms with Crippen LogP contribution in [0.4, 0.5) is 0 Å². The fourth-order valence-electron chi connectivity index (χ4n) is 0.809. The van der Waals surface area contributed by atoms with Gasteiger partial charge in [-0.1, -0.05) is 0 Å². The zero-order valence-electron chi connectivity index (χ0n) is 7.12. The number of rotatable bonds is 4. The molecule has 0 aromatic heterocycles. The largest absolute Gasteiger partial charge is 0.468 e. The molecule has 0 aliphatic heterocycles. The molecule has 1 aromatic rings. The van der Waals surface area contributed by atoms with E-state index in [1.165, 1.54) is 7.11 Å². The van der Waals surface area contributed by atoms with Gasteiger partial charge in [0.25, 0.3) is 5.24 Å². The number of benzene rings is 1. The highest BCUT2D eigenvalue weighted by Gasteiger charge is 2.00. The van der Waals surface area contributed by atoms with Crippen LogP contribution in [0.1, 0.15) is 10.4 Å². The highest BCUT2D eigenvalue weighted by Crippen LogP contribution is 2.13. The molecule has 0 spiro atoms. The molecule has 70 valence electrons. The first kappa shape index (κ1) is 10.0. The van der Waals surface area contributed by atoms with E-state index in [0.29, 0.717) is 11.3 Å². The lowest BCUT2D eigenvalue weighted by Crippen LogP contribution is -1.98. The molecule has 0 saturated carbocycles. The molecule has 0 fully saturated rings. The number of hydrogen-bond acceptors (Lipinski definition) is 3. The molecule has 13 heavy (non-hydrogen) atoms. The van der Waals surface area contributed by atoms with Crippen molar-refractivity contribution in [1.82, 2.24) is 0 Å². The summed E-state index contributed by atoms with van der Waals surface area (Å²) in [5, 5.41) is -0.474. The van der Waals surface area contributed by atoms with E-state index < -0.39 is 5.24 Å². The summed E-state index contributed by atoms with van der Waals surface area (Å²) in [4.78, 5) is 10.7. The maximum Gasteiger partial charge on any atom is 0.252 e. The molecular formula is C9H9ClO3. The Balaban J connectivity index is 2.64. The van der Waals surface area contributed by atoms with Gasteiger partial charge in [0.2, 0.25) is 0 Å². The summed E-state index contributed by atoms with van der Waals surface area (Å²) in [5.74, 6) is 0.642. The van der Waals surface area contributed by atoms with Gasteiger partial charge in [0.1, 0.15) is 5.75 Å². The lowest BCUT2D eigenvalue weighted by atomic mass is 10.2. The fourth-order valence-corrected chi connectivity index (χ4v) is 0.935. The quantitative estimate of drug-likeness (QED) is 0.551. The van der Waals surface area contributed by atoms with Gasteiger partial charge in [-0.05, 0) is 35.9 Å². The van der Waals surface area contributed by atoms with Gasteiger partial charge in [-0.15, -0.1) is 0 Å². The van der Waals surface area contributed by atoms with Gasteiger partial charge in [-0.2, -0.15) is 0 Å². The van der Waals surface area contributed by atoms with Crippen LogP contribution in [0.5, 0.6) is 5.75 Å². The lowest BCUT2D eigenvalue weighted by Gasteiger charge is -2.03. The Labute approximate surface area is 81.2 Å². The van der Waals surface area contributed by atoms with Gasteiger partial charge >= 0.3 is 0 Å². The van der Waals surface area contributed by atoms with Crippen molar-refractivity contribution in [1.29, 1.82) is 0 Å². The van der Waals surface area contributed by atoms with E-state index in [-0.39, 0.29) is 6.79 Å². The van der Waals surface area contributed by atoms with Crippen LogP contribution in [-0.2, 0) is 4.74 Å². The van der Waals surface area contributed by atoms with Crippen molar-refractivity contribution in [3.63, 3.8) is 0 Å². The third kappa shape index (κ3) is 3.05. The molecule has 0 bridgehead atoms. The third-order valence-corrected chi connectivity index (χ3v) is 1.64. The van der Waals surface area contributed by atoms with Crippen LogP contribution in [0.25, 0.3) is 0 Å². The second-order valence-corrected chi connectivity index (χ2v) is 2.69. The van der Waals surface area contributed by atoms with E-state index in [1.54, 1.807) is 24.3 Å². The minimum atomic E-state index is -0.474. The smallest absolute Gasteiger partial charge is 0.252 e. The Hall–Kier alpha value is -1.06. The molecule has 1 aromatic carbocycles. The highest BCUT2D eigenvalue weighted by molar-refractivity contribution is 6.67. The Morgan fingerprint density at radius 3 is 2.46 bits per heavy atom. The van der Waals surface area contributed by atoms with Crippen molar-refractivity contribution in [3.05, 3.63) is 29.8 Å². The zero-order chi connectivity index (χ0) is 9.68. The molecular weight excluding hydrogens is 192 g/mol. The zero-order valence-corrected chi connectivity index (χ0v) is 7.88. The molecule has 0 amide bonds. The maximum absolute atomic E-state index is 10.7. The van der Waals surface area contributed by atoms with Crippen molar-refractivity contribution in [2.75, 3.05) is 13.9 Å². The van der Waals surface area contributed by atoms with Crippen LogP contribution in [0.15, 0.2) is 24.3 Å². The Bertz CT molecular complexity index is 281. The number of ether oxygens (including phenoxy) is 2. The highest BCUT2D eigenvalue weighted by atomic mass is 35.5. The average Bonchev–Trinajstić information content (AvgIpc) is 2.15. The average molecular weight is 201 g/mol. The first-order valence-corrected chi connectivity index (χ1v) is 4.03. The van der Waals surface area contributed by atoms with E-state index in [9.17, 15) is 4.79 Å². The molecule has 0 aliphatic rings. The van der Waals surface area contributed by atoms with Crippen LogP contribution in [0, 0.1) is 0 Å². The Morgan fingerprint density at radius 2 is 2.00 bits per heavy atom. The van der Waals surface area contributed by atoms with Crippen molar-refractivity contribution in [2.24, 2.45) is 0 Å². The summed E-state index contributed by atoms with van der Waals surface area (Å²) in [7, 11) is 1.54. The van der Waals surface area contributed by atoms with Gasteiger partial charge in [-0.25, -0.2) is 0 Å². The van der Waals surface area contributed by atoms with Crippen molar-refractivity contribution >= 4 is 16.8 Å². The van der Waals surface area contributed by atoms with Crippen molar-refractivity contribution in [2.45, 2.75) is 0 Å². The predicted octanol–water partition coefficient (Wildman–Crippen LogP) is 2.05. The minimum absolute atomic E-state index is 0.189. The molecule has 0 saturated heterocycles. The van der Waals surface area contributed by atoms with Gasteiger partial charge < -0.3 is 9.47 Å². The molecule has 3 nitrogen and oxygen atoms in total.